The van der Waals surface area contributed by atoms with Gasteiger partial charge in [0.15, 0.2) is 0 Å². The summed E-state index contributed by atoms with van der Waals surface area (Å²) in [5.41, 5.74) is 0.00646. The second-order valence-corrected chi connectivity index (χ2v) is 5.30. The van der Waals surface area contributed by atoms with Crippen LogP contribution in [0.1, 0.15) is 36.9 Å². The fraction of sp³-hybridized carbons (Fsp3) is 0.583. The summed E-state index contributed by atoms with van der Waals surface area (Å²) in [6.07, 6.45) is 7.07. The lowest BCUT2D eigenvalue weighted by molar-refractivity contribution is 0.0622. The lowest BCUT2D eigenvalue weighted by atomic mass is 9.82. The first-order chi connectivity index (χ1) is 7.14. The van der Waals surface area contributed by atoms with Gasteiger partial charge in [-0.3, -0.25) is 0 Å². The summed E-state index contributed by atoms with van der Waals surface area (Å²) in [5, 5.41) is 13.4. The van der Waals surface area contributed by atoms with Gasteiger partial charge in [0.1, 0.15) is 5.60 Å². The minimum atomic E-state index is -0.809. The Labute approximate surface area is 94.7 Å². The van der Waals surface area contributed by atoms with E-state index in [9.17, 15) is 5.11 Å². The van der Waals surface area contributed by atoms with Crippen molar-refractivity contribution in [1.29, 1.82) is 0 Å². The average molecular weight is 223 g/mol. The van der Waals surface area contributed by atoms with Crippen LogP contribution in [-0.4, -0.2) is 10.1 Å². The molecule has 82 valence electrons. The molecule has 2 rings (SSSR count). The molecule has 0 bridgehead atoms. The van der Waals surface area contributed by atoms with Crippen molar-refractivity contribution in [3.05, 3.63) is 28.2 Å². The van der Waals surface area contributed by atoms with Gasteiger partial charge in [-0.1, -0.05) is 19.1 Å². The van der Waals surface area contributed by atoms with Crippen LogP contribution in [0.2, 0.25) is 0 Å². The molecule has 1 aliphatic rings. The third kappa shape index (κ3) is 2.13. The Bertz CT molecular complexity index is 371. The second-order valence-electron chi connectivity index (χ2n) is 4.24. The summed E-state index contributed by atoms with van der Waals surface area (Å²) in [6, 6.07) is 0. The lowest BCUT2D eigenvalue weighted by Gasteiger charge is -2.29. The number of hydrogen-bond donors (Lipinski definition) is 1. The molecule has 0 aliphatic heterocycles. The molecule has 1 aliphatic carbocycles. The Balaban J connectivity index is 2.22. The van der Waals surface area contributed by atoms with E-state index in [1.807, 2.05) is 18.4 Å². The van der Waals surface area contributed by atoms with Gasteiger partial charge in [0.25, 0.3) is 0 Å². The van der Waals surface area contributed by atoms with Crippen molar-refractivity contribution >= 4 is 11.3 Å². The highest BCUT2D eigenvalue weighted by Gasteiger charge is 2.32. The van der Waals surface area contributed by atoms with Crippen molar-refractivity contribution in [3.8, 4) is 0 Å². The van der Waals surface area contributed by atoms with Gasteiger partial charge in [0.2, 0.25) is 0 Å². The molecular weight excluding hydrogens is 206 g/mol. The van der Waals surface area contributed by atoms with E-state index in [2.05, 4.69) is 18.0 Å². The van der Waals surface area contributed by atoms with Gasteiger partial charge in [-0.05, 0) is 32.1 Å². The topological polar surface area (TPSA) is 33.1 Å². The van der Waals surface area contributed by atoms with E-state index in [-0.39, 0.29) is 0 Å². The minimum absolute atomic E-state index is 0.630. The number of aliphatic hydroxyl groups is 1. The maximum absolute atomic E-state index is 10.4. The van der Waals surface area contributed by atoms with Gasteiger partial charge in [-0.25, -0.2) is 4.98 Å². The first-order valence-corrected chi connectivity index (χ1v) is 6.36. The van der Waals surface area contributed by atoms with Crippen LogP contribution in [0.4, 0.5) is 0 Å². The number of nitrogens with zero attached hydrogens (tertiary/aromatic N) is 1. The molecule has 1 aromatic heterocycles. The molecule has 1 heterocycles. The molecular formula is C12H17NOS. The number of aromatic nitrogens is 1. The monoisotopic (exact) mass is 223 g/mol. The molecule has 0 radical (unpaired) electrons. The molecule has 2 nitrogen and oxygen atoms in total. The quantitative estimate of drug-likeness (QED) is 0.782. The average Bonchev–Trinajstić information content (AvgIpc) is 2.67. The van der Waals surface area contributed by atoms with Gasteiger partial charge in [-0.2, -0.15) is 0 Å². The zero-order valence-corrected chi connectivity index (χ0v) is 10.0. The van der Waals surface area contributed by atoms with Crippen molar-refractivity contribution in [2.75, 3.05) is 0 Å². The maximum atomic E-state index is 10.4. The molecule has 2 unspecified atom stereocenters. The Morgan fingerprint density at radius 1 is 1.67 bits per heavy atom. The maximum Gasteiger partial charge on any atom is 0.125 e. The van der Waals surface area contributed by atoms with E-state index in [0.29, 0.717) is 5.92 Å². The molecule has 0 aromatic carbocycles. The smallest absolute Gasteiger partial charge is 0.125 e. The molecule has 0 spiro atoms. The Morgan fingerprint density at radius 2 is 2.47 bits per heavy atom. The third-order valence-corrected chi connectivity index (χ3v) is 3.90. The van der Waals surface area contributed by atoms with Gasteiger partial charge in [-0.15, -0.1) is 11.3 Å². The van der Waals surface area contributed by atoms with Crippen molar-refractivity contribution in [3.63, 3.8) is 0 Å². The summed E-state index contributed by atoms with van der Waals surface area (Å²) in [7, 11) is 0. The highest BCUT2D eigenvalue weighted by molar-refractivity contribution is 7.09. The Morgan fingerprint density at radius 3 is 2.93 bits per heavy atom. The zero-order valence-electron chi connectivity index (χ0n) is 9.23. The standard InChI is InChI=1S/C12H17NOS/c1-3-10-4-6-12(14,7-5-10)11-8-15-9(2)13-11/h4,6,8,10,14H,3,5,7H2,1-2H3. The summed E-state index contributed by atoms with van der Waals surface area (Å²) in [4.78, 5) is 4.37. The number of allylic oxidation sites excluding steroid dienone is 1. The van der Waals surface area contributed by atoms with Crippen LogP contribution in [0.3, 0.4) is 0 Å². The molecule has 1 aromatic rings. The van der Waals surface area contributed by atoms with Gasteiger partial charge in [0, 0.05) is 5.38 Å². The highest BCUT2D eigenvalue weighted by Crippen LogP contribution is 2.35. The van der Waals surface area contributed by atoms with Crippen LogP contribution in [0.15, 0.2) is 17.5 Å². The summed E-state index contributed by atoms with van der Waals surface area (Å²) < 4.78 is 0. The lowest BCUT2D eigenvalue weighted by Crippen LogP contribution is -2.27. The molecule has 15 heavy (non-hydrogen) atoms. The second kappa shape index (κ2) is 4.06. The van der Waals surface area contributed by atoms with E-state index in [4.69, 9.17) is 0 Å². The fourth-order valence-electron chi connectivity index (χ4n) is 2.00. The van der Waals surface area contributed by atoms with Crippen LogP contribution in [0, 0.1) is 12.8 Å². The molecule has 3 heteroatoms. The molecule has 0 saturated carbocycles. The van der Waals surface area contributed by atoms with E-state index < -0.39 is 5.60 Å². The predicted octanol–water partition coefficient (Wildman–Crippen LogP) is 3.02. The largest absolute Gasteiger partial charge is 0.379 e. The van der Waals surface area contributed by atoms with Crippen molar-refractivity contribution < 1.29 is 5.11 Å². The molecule has 0 fully saturated rings. The van der Waals surface area contributed by atoms with E-state index in [1.165, 1.54) is 0 Å². The van der Waals surface area contributed by atoms with E-state index >= 15 is 0 Å². The molecule has 0 amide bonds. The number of hydrogen-bond acceptors (Lipinski definition) is 3. The van der Waals surface area contributed by atoms with Crippen LogP contribution in [0.5, 0.6) is 0 Å². The number of thiazole rings is 1. The Hall–Kier alpha value is -0.670. The summed E-state index contributed by atoms with van der Waals surface area (Å²) in [5.74, 6) is 0.630. The first kappa shape index (κ1) is 10.8. The van der Waals surface area contributed by atoms with E-state index in [1.54, 1.807) is 11.3 Å². The van der Waals surface area contributed by atoms with Crippen LogP contribution >= 0.6 is 11.3 Å². The van der Waals surface area contributed by atoms with Gasteiger partial charge in [0.05, 0.1) is 10.7 Å². The van der Waals surface area contributed by atoms with Crippen molar-refractivity contribution in [1.82, 2.24) is 4.98 Å². The van der Waals surface area contributed by atoms with Crippen molar-refractivity contribution in [2.45, 2.75) is 38.7 Å². The number of aryl methyl sites for hydroxylation is 1. The van der Waals surface area contributed by atoms with Crippen LogP contribution in [0.25, 0.3) is 0 Å². The fourth-order valence-corrected chi connectivity index (χ4v) is 2.69. The van der Waals surface area contributed by atoms with Crippen molar-refractivity contribution in [2.24, 2.45) is 5.92 Å². The van der Waals surface area contributed by atoms with Gasteiger partial charge >= 0.3 is 0 Å². The summed E-state index contributed by atoms with van der Waals surface area (Å²) >= 11 is 1.60. The SMILES string of the molecule is CCC1C=CC(O)(c2csc(C)n2)CC1. The zero-order chi connectivity index (χ0) is 10.9. The molecule has 2 atom stereocenters. The summed E-state index contributed by atoms with van der Waals surface area (Å²) in [6.45, 7) is 4.16. The van der Waals surface area contributed by atoms with E-state index in [0.717, 1.165) is 30.0 Å². The van der Waals surface area contributed by atoms with Gasteiger partial charge < -0.3 is 5.11 Å². The number of rotatable bonds is 2. The minimum Gasteiger partial charge on any atom is -0.379 e. The Kier molecular flexibility index (Phi) is 2.94. The highest BCUT2D eigenvalue weighted by atomic mass is 32.1. The first-order valence-electron chi connectivity index (χ1n) is 5.48. The van der Waals surface area contributed by atoms with Crippen LogP contribution in [-0.2, 0) is 5.60 Å². The third-order valence-electron chi connectivity index (χ3n) is 3.13. The van der Waals surface area contributed by atoms with Crippen LogP contribution < -0.4 is 0 Å². The molecule has 0 saturated heterocycles. The predicted molar refractivity (Wildman–Crippen MR) is 62.9 cm³/mol. The molecule has 1 N–H and O–H groups in total. The normalized spacial score (nSPS) is 30.7.